The molecule has 0 spiro atoms. The molecule has 1 amide bonds. The van der Waals surface area contributed by atoms with E-state index in [0.29, 0.717) is 21.5 Å². The van der Waals surface area contributed by atoms with Gasteiger partial charge in [-0.15, -0.1) is 11.3 Å². The van der Waals surface area contributed by atoms with Gasteiger partial charge in [-0.2, -0.15) is 5.10 Å². The zero-order valence-electron chi connectivity index (χ0n) is 14.5. The van der Waals surface area contributed by atoms with Crippen LogP contribution in [-0.4, -0.2) is 21.6 Å². The first-order valence-electron chi connectivity index (χ1n) is 7.93. The summed E-state index contributed by atoms with van der Waals surface area (Å²) in [6.07, 6.45) is -0.0959. The maximum absolute atomic E-state index is 12.9. The van der Waals surface area contributed by atoms with Gasteiger partial charge < -0.3 is 4.98 Å². The summed E-state index contributed by atoms with van der Waals surface area (Å²) in [4.78, 5) is 33.0. The van der Waals surface area contributed by atoms with E-state index in [-0.39, 0.29) is 23.6 Å². The average Bonchev–Trinajstić information content (AvgIpc) is 2.88. The first-order valence-corrected chi connectivity index (χ1v) is 8.74. The minimum Gasteiger partial charge on any atom is -0.309 e. The van der Waals surface area contributed by atoms with E-state index in [2.05, 4.69) is 20.5 Å². The Bertz CT molecular complexity index is 1070. The Morgan fingerprint density at radius 1 is 1.31 bits per heavy atom. The molecule has 0 unspecified atom stereocenters. The predicted octanol–water partition coefficient (Wildman–Crippen LogP) is 2.82. The first-order chi connectivity index (χ1) is 12.3. The molecule has 0 saturated carbocycles. The highest BCUT2D eigenvalue weighted by atomic mass is 32.1. The monoisotopic (exact) mass is 372 g/mol. The Morgan fingerprint density at radius 2 is 2.00 bits per heavy atom. The van der Waals surface area contributed by atoms with Gasteiger partial charge in [0.15, 0.2) is 0 Å². The van der Waals surface area contributed by atoms with Crippen molar-refractivity contribution in [2.45, 2.75) is 27.2 Å². The lowest BCUT2D eigenvalue weighted by atomic mass is 10.1. The minimum absolute atomic E-state index is 0.0959. The molecule has 1 aromatic carbocycles. The Balaban J connectivity index is 1.74. The van der Waals surface area contributed by atoms with Crippen LogP contribution in [0.2, 0.25) is 0 Å². The van der Waals surface area contributed by atoms with Crippen LogP contribution in [0.25, 0.3) is 10.2 Å². The Kier molecular flexibility index (Phi) is 4.94. The van der Waals surface area contributed by atoms with E-state index in [9.17, 15) is 14.0 Å². The van der Waals surface area contributed by atoms with Crippen LogP contribution in [0.3, 0.4) is 0 Å². The van der Waals surface area contributed by atoms with E-state index >= 15 is 0 Å². The third kappa shape index (κ3) is 3.70. The molecule has 0 saturated heterocycles. The molecule has 2 aromatic heterocycles. The summed E-state index contributed by atoms with van der Waals surface area (Å²) in [6, 6.07) is 5.81. The number of amides is 1. The topological polar surface area (TPSA) is 87.2 Å². The molecular formula is C18H17FN4O2S. The van der Waals surface area contributed by atoms with Crippen molar-refractivity contribution in [1.82, 2.24) is 15.4 Å². The van der Waals surface area contributed by atoms with Gasteiger partial charge in [0, 0.05) is 4.88 Å². The van der Waals surface area contributed by atoms with Crippen LogP contribution in [0.5, 0.6) is 0 Å². The number of hydrazone groups is 1. The number of aryl methyl sites for hydroxylation is 2. The molecule has 26 heavy (non-hydrogen) atoms. The second kappa shape index (κ2) is 7.17. The largest absolute Gasteiger partial charge is 0.309 e. The second-order valence-corrected chi connectivity index (χ2v) is 7.10. The van der Waals surface area contributed by atoms with Crippen molar-refractivity contribution in [2.75, 3.05) is 0 Å². The van der Waals surface area contributed by atoms with E-state index in [1.54, 1.807) is 19.1 Å². The summed E-state index contributed by atoms with van der Waals surface area (Å²) < 4.78 is 12.9. The molecule has 134 valence electrons. The van der Waals surface area contributed by atoms with E-state index in [1.165, 1.54) is 23.5 Å². The van der Waals surface area contributed by atoms with Crippen molar-refractivity contribution in [1.29, 1.82) is 0 Å². The number of halogens is 1. The number of H-pyrrole nitrogens is 1. The molecule has 0 aliphatic heterocycles. The fourth-order valence-corrected chi connectivity index (χ4v) is 3.53. The quantitative estimate of drug-likeness (QED) is 0.545. The minimum atomic E-state index is -0.404. The highest BCUT2D eigenvalue weighted by Crippen LogP contribution is 2.25. The van der Waals surface area contributed by atoms with Crippen molar-refractivity contribution < 1.29 is 9.18 Å². The van der Waals surface area contributed by atoms with Crippen LogP contribution >= 0.6 is 11.3 Å². The third-order valence-corrected chi connectivity index (χ3v) is 5.13. The van der Waals surface area contributed by atoms with E-state index < -0.39 is 5.91 Å². The number of thiophene rings is 1. The van der Waals surface area contributed by atoms with Crippen LogP contribution in [0.1, 0.15) is 28.8 Å². The lowest BCUT2D eigenvalue weighted by Gasteiger charge is -2.03. The first kappa shape index (κ1) is 17.9. The molecule has 0 aliphatic rings. The standard InChI is InChI=1S/C18H17FN4O2S/c1-9-11(3)26-18-16(9)17(25)20-14(21-18)8-15(24)23-22-10(2)12-4-6-13(19)7-5-12/h4-7H,8H2,1-3H3,(H,23,24)(H,20,21,25)/b22-10-. The van der Waals surface area contributed by atoms with Gasteiger partial charge in [0.1, 0.15) is 16.5 Å². The van der Waals surface area contributed by atoms with E-state index in [0.717, 1.165) is 10.4 Å². The van der Waals surface area contributed by atoms with Crippen LogP contribution < -0.4 is 11.0 Å². The fourth-order valence-electron chi connectivity index (χ4n) is 2.48. The molecule has 6 nitrogen and oxygen atoms in total. The van der Waals surface area contributed by atoms with Gasteiger partial charge in [0.05, 0.1) is 17.5 Å². The maximum Gasteiger partial charge on any atom is 0.259 e. The number of benzene rings is 1. The number of hydrogen-bond acceptors (Lipinski definition) is 5. The molecule has 0 atom stereocenters. The number of nitrogens with one attached hydrogen (secondary N) is 2. The van der Waals surface area contributed by atoms with Crippen LogP contribution in [0, 0.1) is 19.7 Å². The van der Waals surface area contributed by atoms with Gasteiger partial charge in [0.2, 0.25) is 5.91 Å². The number of nitrogens with zero attached hydrogens (tertiary/aromatic N) is 2. The molecule has 0 aliphatic carbocycles. The van der Waals surface area contributed by atoms with Gasteiger partial charge >= 0.3 is 0 Å². The number of hydrogen-bond donors (Lipinski definition) is 2. The number of fused-ring (bicyclic) bond motifs is 1. The summed E-state index contributed by atoms with van der Waals surface area (Å²) in [5.41, 5.74) is 4.33. The van der Waals surface area contributed by atoms with Crippen LogP contribution in [0.15, 0.2) is 34.2 Å². The summed E-state index contributed by atoms with van der Waals surface area (Å²) in [5.74, 6) is -0.454. The number of rotatable bonds is 4. The second-order valence-electron chi connectivity index (χ2n) is 5.89. The van der Waals surface area contributed by atoms with Crippen molar-refractivity contribution >= 4 is 33.2 Å². The van der Waals surface area contributed by atoms with Gasteiger partial charge in [-0.1, -0.05) is 12.1 Å². The molecule has 0 fully saturated rings. The molecule has 3 aromatic rings. The van der Waals surface area contributed by atoms with E-state index in [4.69, 9.17) is 0 Å². The van der Waals surface area contributed by atoms with Crippen molar-refractivity contribution in [3.63, 3.8) is 0 Å². The normalized spacial score (nSPS) is 11.8. The number of aromatic amines is 1. The molecule has 0 radical (unpaired) electrons. The smallest absolute Gasteiger partial charge is 0.259 e. The number of carbonyl (C=O) groups excluding carboxylic acids is 1. The van der Waals surface area contributed by atoms with Crippen LogP contribution in [0.4, 0.5) is 4.39 Å². The molecule has 8 heteroatoms. The maximum atomic E-state index is 12.9. The fraction of sp³-hybridized carbons (Fsp3) is 0.222. The lowest BCUT2D eigenvalue weighted by molar-refractivity contribution is -0.120. The van der Waals surface area contributed by atoms with Gasteiger partial charge in [-0.25, -0.2) is 14.8 Å². The summed E-state index contributed by atoms with van der Waals surface area (Å²) in [5, 5.41) is 4.57. The summed E-state index contributed by atoms with van der Waals surface area (Å²) in [7, 11) is 0. The molecular weight excluding hydrogens is 355 g/mol. The molecule has 2 heterocycles. The molecule has 3 rings (SSSR count). The lowest BCUT2D eigenvalue weighted by Crippen LogP contribution is -2.24. The van der Waals surface area contributed by atoms with Gasteiger partial charge in [-0.05, 0) is 44.0 Å². The Morgan fingerprint density at radius 3 is 2.69 bits per heavy atom. The third-order valence-electron chi connectivity index (χ3n) is 4.03. The number of aromatic nitrogens is 2. The summed E-state index contributed by atoms with van der Waals surface area (Å²) in [6.45, 7) is 5.52. The van der Waals surface area contributed by atoms with Gasteiger partial charge in [0.25, 0.3) is 5.56 Å². The molecule has 2 N–H and O–H groups in total. The zero-order chi connectivity index (χ0) is 18.8. The van der Waals surface area contributed by atoms with Crippen molar-refractivity contribution in [2.24, 2.45) is 5.10 Å². The average molecular weight is 372 g/mol. The zero-order valence-corrected chi connectivity index (χ0v) is 15.3. The van der Waals surface area contributed by atoms with Crippen molar-refractivity contribution in [3.05, 3.63) is 62.3 Å². The van der Waals surface area contributed by atoms with Crippen molar-refractivity contribution in [3.8, 4) is 0 Å². The van der Waals surface area contributed by atoms with Crippen LogP contribution in [-0.2, 0) is 11.2 Å². The highest BCUT2D eigenvalue weighted by molar-refractivity contribution is 7.18. The highest BCUT2D eigenvalue weighted by Gasteiger charge is 2.13. The summed E-state index contributed by atoms with van der Waals surface area (Å²) >= 11 is 1.43. The SMILES string of the molecule is C/C(=N/NC(=O)Cc1nc2sc(C)c(C)c2c(=O)[nH]1)c1ccc(F)cc1. The number of carbonyl (C=O) groups is 1. The Hall–Kier alpha value is -2.87. The molecule has 0 bridgehead atoms. The predicted molar refractivity (Wildman–Crippen MR) is 100 cm³/mol. The Labute approximate surface area is 152 Å². The van der Waals surface area contributed by atoms with Gasteiger partial charge in [-0.3, -0.25) is 9.59 Å². The van der Waals surface area contributed by atoms with E-state index in [1.807, 2.05) is 13.8 Å².